The highest BCUT2D eigenvalue weighted by molar-refractivity contribution is 7.99. The van der Waals surface area contributed by atoms with Gasteiger partial charge in [0, 0.05) is 17.1 Å². The normalized spacial score (nSPS) is 13.8. The predicted molar refractivity (Wildman–Crippen MR) is 94.1 cm³/mol. The minimum Gasteiger partial charge on any atom is -0.463 e. The van der Waals surface area contributed by atoms with E-state index in [1.165, 1.54) is 11.8 Å². The van der Waals surface area contributed by atoms with Crippen LogP contribution in [0.4, 0.5) is 4.79 Å². The number of hydrogen-bond donors (Lipinski definition) is 2. The van der Waals surface area contributed by atoms with Crippen molar-refractivity contribution in [3.05, 3.63) is 33.7 Å². The van der Waals surface area contributed by atoms with Crippen LogP contribution in [-0.4, -0.2) is 35.9 Å². The Morgan fingerprint density at radius 3 is 2.72 bits per heavy atom. The molecule has 0 unspecified atom stereocenters. The molecule has 0 saturated heterocycles. The van der Waals surface area contributed by atoms with E-state index >= 15 is 0 Å². The molecule has 25 heavy (non-hydrogen) atoms. The molecule has 0 aromatic carbocycles. The van der Waals surface area contributed by atoms with Gasteiger partial charge in [-0.3, -0.25) is 0 Å². The number of nitrogens with zero attached hydrogens (tertiary/aromatic N) is 2. The second-order valence-corrected chi connectivity index (χ2v) is 6.48. The fraction of sp³-hybridized carbons (Fsp3) is 0.412. The zero-order valence-corrected chi connectivity index (χ0v) is 15.5. The molecule has 0 atom stereocenters. The van der Waals surface area contributed by atoms with E-state index in [2.05, 4.69) is 21.7 Å². The van der Waals surface area contributed by atoms with Crippen molar-refractivity contribution < 1.29 is 14.3 Å². The second-order valence-electron chi connectivity index (χ2n) is 5.51. The monoisotopic (exact) mass is 360 g/mol. The Morgan fingerprint density at radius 2 is 2.08 bits per heavy atom. The quantitative estimate of drug-likeness (QED) is 0.615. The molecule has 0 saturated carbocycles. The number of amides is 2. The number of rotatable bonds is 5. The fourth-order valence-corrected chi connectivity index (χ4v) is 3.43. The summed E-state index contributed by atoms with van der Waals surface area (Å²) in [5, 5.41) is 15.2. The molecule has 1 aromatic heterocycles. The minimum absolute atomic E-state index is 0.116. The van der Waals surface area contributed by atoms with Crippen LogP contribution < -0.4 is 10.6 Å². The average Bonchev–Trinajstić information content (AvgIpc) is 2.58. The summed E-state index contributed by atoms with van der Waals surface area (Å²) in [6, 6.07) is 1.82. The van der Waals surface area contributed by atoms with Crippen molar-refractivity contribution in [3.63, 3.8) is 0 Å². The van der Waals surface area contributed by atoms with E-state index < -0.39 is 5.97 Å². The Bertz CT molecular complexity index is 796. The molecule has 1 aliphatic rings. The molecule has 0 spiro atoms. The number of urea groups is 1. The molecule has 0 fully saturated rings. The van der Waals surface area contributed by atoms with Crippen LogP contribution >= 0.6 is 11.8 Å². The van der Waals surface area contributed by atoms with Crippen LogP contribution in [-0.2, 0) is 9.53 Å². The van der Waals surface area contributed by atoms with E-state index in [1.54, 1.807) is 6.92 Å². The average molecular weight is 360 g/mol. The standard InChI is InChI=1S/C17H20N4O3S/c1-5-24-16(22)13-7-19-17(23)21-14(13)8-25-15-12(6-18)10(3)9(2)11(4)20-15/h5,7-8H2,1-4H3,(H2,19,21,23). The molecule has 0 bridgehead atoms. The van der Waals surface area contributed by atoms with E-state index in [0.717, 1.165) is 16.8 Å². The van der Waals surface area contributed by atoms with Gasteiger partial charge >= 0.3 is 12.0 Å². The van der Waals surface area contributed by atoms with Gasteiger partial charge in [0.2, 0.25) is 0 Å². The van der Waals surface area contributed by atoms with Gasteiger partial charge in [0.15, 0.2) is 0 Å². The lowest BCUT2D eigenvalue weighted by molar-refractivity contribution is -0.138. The lowest BCUT2D eigenvalue weighted by Crippen LogP contribution is -2.44. The third-order valence-corrected chi connectivity index (χ3v) is 5.01. The summed E-state index contributed by atoms with van der Waals surface area (Å²) in [6.07, 6.45) is 0. The van der Waals surface area contributed by atoms with E-state index in [1.807, 2.05) is 20.8 Å². The van der Waals surface area contributed by atoms with Crippen molar-refractivity contribution in [1.29, 1.82) is 5.26 Å². The molecule has 0 aliphatic carbocycles. The number of nitriles is 1. The fourth-order valence-electron chi connectivity index (χ4n) is 2.36. The maximum atomic E-state index is 12.1. The van der Waals surface area contributed by atoms with Crippen LogP contribution in [0.3, 0.4) is 0 Å². The Labute approximate surface area is 150 Å². The number of carbonyl (C=O) groups excluding carboxylic acids is 2. The van der Waals surface area contributed by atoms with Crippen molar-refractivity contribution in [2.45, 2.75) is 32.7 Å². The van der Waals surface area contributed by atoms with Crippen LogP contribution in [0, 0.1) is 32.1 Å². The van der Waals surface area contributed by atoms with Gasteiger partial charge in [0.1, 0.15) is 11.1 Å². The molecule has 0 radical (unpaired) electrons. The third kappa shape index (κ3) is 4.12. The topological polar surface area (TPSA) is 104 Å². The predicted octanol–water partition coefficient (Wildman–Crippen LogP) is 2.10. The first-order valence-electron chi connectivity index (χ1n) is 7.83. The number of thioether (sulfide) groups is 1. The highest BCUT2D eigenvalue weighted by Crippen LogP contribution is 2.28. The van der Waals surface area contributed by atoms with Gasteiger partial charge in [-0.15, -0.1) is 0 Å². The molecule has 132 valence electrons. The summed E-state index contributed by atoms with van der Waals surface area (Å²) in [4.78, 5) is 28.1. The molecule has 2 N–H and O–H groups in total. The summed E-state index contributed by atoms with van der Waals surface area (Å²) < 4.78 is 5.03. The molecule has 2 amide bonds. The molecule has 8 heteroatoms. The third-order valence-electron chi connectivity index (χ3n) is 4.00. The smallest absolute Gasteiger partial charge is 0.337 e. The van der Waals surface area contributed by atoms with Crippen molar-refractivity contribution in [1.82, 2.24) is 15.6 Å². The van der Waals surface area contributed by atoms with Gasteiger partial charge in [-0.05, 0) is 38.8 Å². The van der Waals surface area contributed by atoms with Crippen LogP contribution in [0.25, 0.3) is 0 Å². The maximum absolute atomic E-state index is 12.1. The van der Waals surface area contributed by atoms with E-state index in [9.17, 15) is 14.9 Å². The number of aromatic nitrogens is 1. The summed E-state index contributed by atoms with van der Waals surface area (Å²) in [6.45, 7) is 7.81. The lowest BCUT2D eigenvalue weighted by atomic mass is 10.1. The van der Waals surface area contributed by atoms with Crippen LogP contribution in [0.5, 0.6) is 0 Å². The van der Waals surface area contributed by atoms with E-state index in [-0.39, 0.29) is 19.2 Å². The first-order valence-corrected chi connectivity index (χ1v) is 8.82. The van der Waals surface area contributed by atoms with Gasteiger partial charge in [-0.2, -0.15) is 5.26 Å². The van der Waals surface area contributed by atoms with E-state index in [4.69, 9.17) is 4.74 Å². The second kappa shape index (κ2) is 8.03. The molecular formula is C17H20N4O3S. The van der Waals surface area contributed by atoms with Crippen LogP contribution in [0.15, 0.2) is 16.3 Å². The molecule has 1 aliphatic heterocycles. The Kier molecular flexibility index (Phi) is 6.04. The Morgan fingerprint density at radius 1 is 1.36 bits per heavy atom. The van der Waals surface area contributed by atoms with E-state index in [0.29, 0.717) is 27.6 Å². The maximum Gasteiger partial charge on any atom is 0.337 e. The minimum atomic E-state index is -0.463. The molecule has 2 heterocycles. The number of ether oxygens (including phenoxy) is 1. The van der Waals surface area contributed by atoms with Crippen molar-refractivity contribution in [2.24, 2.45) is 0 Å². The summed E-state index contributed by atoms with van der Waals surface area (Å²) in [7, 11) is 0. The Hall–Kier alpha value is -2.53. The zero-order valence-electron chi connectivity index (χ0n) is 14.6. The summed E-state index contributed by atoms with van der Waals surface area (Å²) >= 11 is 1.31. The molecule has 2 rings (SSSR count). The summed E-state index contributed by atoms with van der Waals surface area (Å²) in [5.41, 5.74) is 4.12. The lowest BCUT2D eigenvalue weighted by Gasteiger charge is -2.21. The molecular weight excluding hydrogens is 340 g/mol. The van der Waals surface area contributed by atoms with Crippen molar-refractivity contribution in [3.8, 4) is 6.07 Å². The van der Waals surface area contributed by atoms with Crippen LogP contribution in [0.2, 0.25) is 0 Å². The van der Waals surface area contributed by atoms with Gasteiger partial charge < -0.3 is 15.4 Å². The molecule has 1 aromatic rings. The number of nitrogens with one attached hydrogen (secondary N) is 2. The largest absolute Gasteiger partial charge is 0.463 e. The first kappa shape index (κ1) is 18.8. The summed E-state index contributed by atoms with van der Waals surface area (Å²) in [5.74, 6) is -0.152. The van der Waals surface area contributed by atoms with Gasteiger partial charge in [0.05, 0.1) is 24.3 Å². The number of hydrogen-bond acceptors (Lipinski definition) is 6. The zero-order chi connectivity index (χ0) is 18.6. The molecule has 7 nitrogen and oxygen atoms in total. The SMILES string of the molecule is CCOC(=O)C1=C(CSc2nc(C)c(C)c(C)c2C#N)NC(=O)NC1. The first-order chi connectivity index (χ1) is 11.9. The van der Waals surface area contributed by atoms with Gasteiger partial charge in [0.25, 0.3) is 0 Å². The number of esters is 1. The van der Waals surface area contributed by atoms with Crippen molar-refractivity contribution in [2.75, 3.05) is 18.9 Å². The highest BCUT2D eigenvalue weighted by atomic mass is 32.2. The highest BCUT2D eigenvalue weighted by Gasteiger charge is 2.24. The number of aryl methyl sites for hydroxylation is 1. The van der Waals surface area contributed by atoms with Gasteiger partial charge in [-0.1, -0.05) is 11.8 Å². The Balaban J connectivity index is 2.31. The van der Waals surface area contributed by atoms with Crippen LogP contribution in [0.1, 0.15) is 29.3 Å². The number of carbonyl (C=O) groups is 2. The number of pyridine rings is 1. The van der Waals surface area contributed by atoms with Crippen molar-refractivity contribution >= 4 is 23.8 Å². The van der Waals surface area contributed by atoms with Gasteiger partial charge in [-0.25, -0.2) is 14.6 Å².